The molecule has 128 valence electrons. The first-order chi connectivity index (χ1) is 12.1. The minimum atomic E-state index is -0.839. The molecule has 3 aromatic rings. The Morgan fingerprint density at radius 1 is 1.04 bits per heavy atom. The van der Waals surface area contributed by atoms with Gasteiger partial charge in [0.05, 0.1) is 0 Å². The lowest BCUT2D eigenvalue weighted by atomic mass is 10.2. The molecule has 25 heavy (non-hydrogen) atoms. The summed E-state index contributed by atoms with van der Waals surface area (Å²) in [5.41, 5.74) is 1.95. The van der Waals surface area contributed by atoms with E-state index >= 15 is 0 Å². The molecule has 0 saturated heterocycles. The molecule has 0 aliphatic carbocycles. The van der Waals surface area contributed by atoms with E-state index in [-0.39, 0.29) is 12.4 Å². The number of ether oxygens (including phenoxy) is 1. The summed E-state index contributed by atoms with van der Waals surface area (Å²) < 4.78 is 33.2. The first-order valence-corrected chi connectivity index (χ1v) is 7.68. The van der Waals surface area contributed by atoms with E-state index in [2.05, 4.69) is 5.32 Å². The SMILES string of the molecule is O=C(COc1ccc(F)cc1F)NCc1ccc(-n2cccc2)cc1. The van der Waals surface area contributed by atoms with E-state index in [1.54, 1.807) is 0 Å². The third kappa shape index (κ3) is 4.44. The van der Waals surface area contributed by atoms with E-state index in [9.17, 15) is 13.6 Å². The van der Waals surface area contributed by atoms with Crippen molar-refractivity contribution < 1.29 is 18.3 Å². The van der Waals surface area contributed by atoms with Gasteiger partial charge in [-0.1, -0.05) is 12.1 Å². The molecule has 0 atom stereocenters. The predicted octanol–water partition coefficient (Wildman–Crippen LogP) is 3.45. The molecular formula is C19H16F2N2O2. The number of amides is 1. The summed E-state index contributed by atoms with van der Waals surface area (Å²) in [6.07, 6.45) is 3.89. The molecule has 4 nitrogen and oxygen atoms in total. The van der Waals surface area contributed by atoms with Crippen molar-refractivity contribution in [2.45, 2.75) is 6.54 Å². The summed E-state index contributed by atoms with van der Waals surface area (Å²) in [6.45, 7) is -0.00987. The number of hydrogen-bond donors (Lipinski definition) is 1. The maximum atomic E-state index is 13.4. The molecule has 1 N–H and O–H groups in total. The average molecular weight is 342 g/mol. The van der Waals surface area contributed by atoms with E-state index in [4.69, 9.17) is 4.74 Å². The van der Waals surface area contributed by atoms with Gasteiger partial charge in [0.2, 0.25) is 0 Å². The van der Waals surface area contributed by atoms with Crippen molar-refractivity contribution in [1.29, 1.82) is 0 Å². The number of carbonyl (C=O) groups excluding carboxylic acids is 1. The lowest BCUT2D eigenvalue weighted by Crippen LogP contribution is -2.28. The molecule has 0 spiro atoms. The highest BCUT2D eigenvalue weighted by atomic mass is 19.1. The number of rotatable bonds is 6. The third-order valence-corrected chi connectivity index (χ3v) is 3.58. The fourth-order valence-electron chi connectivity index (χ4n) is 2.28. The molecule has 0 fully saturated rings. The lowest BCUT2D eigenvalue weighted by molar-refractivity contribution is -0.123. The Bertz CT molecular complexity index is 846. The normalized spacial score (nSPS) is 10.5. The summed E-state index contributed by atoms with van der Waals surface area (Å²) >= 11 is 0. The van der Waals surface area contributed by atoms with Crippen molar-refractivity contribution in [3.05, 3.63) is 84.2 Å². The number of hydrogen-bond acceptors (Lipinski definition) is 2. The average Bonchev–Trinajstić information content (AvgIpc) is 3.14. The molecule has 1 amide bonds. The zero-order chi connectivity index (χ0) is 17.6. The molecule has 0 radical (unpaired) electrons. The van der Waals surface area contributed by atoms with Crippen molar-refractivity contribution in [1.82, 2.24) is 9.88 Å². The van der Waals surface area contributed by atoms with Crippen LogP contribution in [-0.2, 0) is 11.3 Å². The van der Waals surface area contributed by atoms with Crippen LogP contribution in [-0.4, -0.2) is 17.1 Å². The van der Waals surface area contributed by atoms with Gasteiger partial charge in [-0.2, -0.15) is 0 Å². The molecular weight excluding hydrogens is 326 g/mol. The first-order valence-electron chi connectivity index (χ1n) is 7.68. The smallest absolute Gasteiger partial charge is 0.258 e. The summed E-state index contributed by atoms with van der Waals surface area (Å²) in [4.78, 5) is 11.8. The topological polar surface area (TPSA) is 43.3 Å². The van der Waals surface area contributed by atoms with Crippen LogP contribution in [0.15, 0.2) is 67.0 Å². The van der Waals surface area contributed by atoms with Crippen molar-refractivity contribution in [2.24, 2.45) is 0 Å². The molecule has 0 saturated carbocycles. The molecule has 3 rings (SSSR count). The Hall–Kier alpha value is -3.15. The molecule has 0 aliphatic heterocycles. The molecule has 1 aromatic heterocycles. The summed E-state index contributed by atoms with van der Waals surface area (Å²) in [6, 6.07) is 14.5. The van der Waals surface area contributed by atoms with Gasteiger partial charge in [-0.15, -0.1) is 0 Å². The van der Waals surface area contributed by atoms with Crippen LogP contribution < -0.4 is 10.1 Å². The van der Waals surface area contributed by atoms with E-state index in [0.29, 0.717) is 12.6 Å². The van der Waals surface area contributed by atoms with Gasteiger partial charge in [0.1, 0.15) is 5.82 Å². The number of nitrogens with one attached hydrogen (secondary N) is 1. The van der Waals surface area contributed by atoms with E-state index in [0.717, 1.165) is 23.4 Å². The minimum absolute atomic E-state index is 0.160. The van der Waals surface area contributed by atoms with Crippen LogP contribution in [0.3, 0.4) is 0 Å². The van der Waals surface area contributed by atoms with E-state index < -0.39 is 17.5 Å². The van der Waals surface area contributed by atoms with Crippen molar-refractivity contribution >= 4 is 5.91 Å². The van der Waals surface area contributed by atoms with E-state index in [1.807, 2.05) is 53.4 Å². The zero-order valence-electron chi connectivity index (χ0n) is 13.3. The molecule has 0 bridgehead atoms. The van der Waals surface area contributed by atoms with Gasteiger partial charge in [-0.05, 0) is 42.0 Å². The second-order valence-corrected chi connectivity index (χ2v) is 5.40. The van der Waals surface area contributed by atoms with Crippen LogP contribution in [0.25, 0.3) is 5.69 Å². The Morgan fingerprint density at radius 3 is 2.44 bits per heavy atom. The van der Waals surface area contributed by atoms with Crippen LogP contribution >= 0.6 is 0 Å². The highest BCUT2D eigenvalue weighted by Crippen LogP contribution is 2.17. The quantitative estimate of drug-likeness (QED) is 0.746. The standard InChI is InChI=1S/C19H16F2N2O2/c20-15-5-8-18(17(21)11-15)25-13-19(24)22-12-14-3-6-16(7-4-14)23-9-1-2-10-23/h1-11H,12-13H2,(H,22,24). The highest BCUT2D eigenvalue weighted by Gasteiger charge is 2.08. The Kier molecular flexibility index (Phi) is 5.09. The highest BCUT2D eigenvalue weighted by molar-refractivity contribution is 5.77. The first kappa shape index (κ1) is 16.7. The van der Waals surface area contributed by atoms with E-state index in [1.165, 1.54) is 0 Å². The number of halogens is 2. The zero-order valence-corrected chi connectivity index (χ0v) is 13.3. The fraction of sp³-hybridized carbons (Fsp3) is 0.105. The van der Waals surface area contributed by atoms with Crippen molar-refractivity contribution in [3.8, 4) is 11.4 Å². The van der Waals surface area contributed by atoms with Crippen LogP contribution in [0.2, 0.25) is 0 Å². The van der Waals surface area contributed by atoms with Crippen molar-refractivity contribution in [2.75, 3.05) is 6.61 Å². The second kappa shape index (κ2) is 7.61. The molecule has 1 heterocycles. The molecule has 2 aromatic carbocycles. The third-order valence-electron chi connectivity index (χ3n) is 3.58. The molecule has 6 heteroatoms. The van der Waals surface area contributed by atoms with Crippen molar-refractivity contribution in [3.63, 3.8) is 0 Å². The Morgan fingerprint density at radius 2 is 1.76 bits per heavy atom. The van der Waals surface area contributed by atoms with Crippen LogP contribution in [0, 0.1) is 11.6 Å². The Labute approximate surface area is 143 Å². The number of benzene rings is 2. The van der Waals surface area contributed by atoms with Gasteiger partial charge in [0.25, 0.3) is 5.91 Å². The summed E-state index contributed by atoms with van der Waals surface area (Å²) in [5.74, 6) is -2.09. The van der Waals surface area contributed by atoms with Gasteiger partial charge < -0.3 is 14.6 Å². The maximum Gasteiger partial charge on any atom is 0.258 e. The van der Waals surface area contributed by atoms with Gasteiger partial charge >= 0.3 is 0 Å². The molecule has 0 aliphatic rings. The monoisotopic (exact) mass is 342 g/mol. The van der Waals surface area contributed by atoms with Gasteiger partial charge in [-0.25, -0.2) is 8.78 Å². The second-order valence-electron chi connectivity index (χ2n) is 5.40. The predicted molar refractivity (Wildman–Crippen MR) is 89.5 cm³/mol. The Balaban J connectivity index is 1.49. The lowest BCUT2D eigenvalue weighted by Gasteiger charge is -2.09. The maximum absolute atomic E-state index is 13.4. The van der Waals surface area contributed by atoms with Gasteiger partial charge in [0.15, 0.2) is 18.2 Å². The number of carbonyl (C=O) groups is 1. The fourth-order valence-corrected chi connectivity index (χ4v) is 2.28. The number of nitrogens with zero attached hydrogens (tertiary/aromatic N) is 1. The largest absolute Gasteiger partial charge is 0.481 e. The number of aromatic nitrogens is 1. The van der Waals surface area contributed by atoms with Crippen LogP contribution in [0.5, 0.6) is 5.75 Å². The summed E-state index contributed by atoms with van der Waals surface area (Å²) in [5, 5.41) is 2.69. The van der Waals surface area contributed by atoms with Gasteiger partial charge in [0, 0.05) is 30.7 Å². The van der Waals surface area contributed by atoms with Crippen LogP contribution in [0.4, 0.5) is 8.78 Å². The summed E-state index contributed by atoms with van der Waals surface area (Å²) in [7, 11) is 0. The van der Waals surface area contributed by atoms with Crippen LogP contribution in [0.1, 0.15) is 5.56 Å². The molecule has 0 unspecified atom stereocenters. The minimum Gasteiger partial charge on any atom is -0.481 e. The van der Waals surface area contributed by atoms with Gasteiger partial charge in [-0.3, -0.25) is 4.79 Å².